The number of rotatable bonds is 4. The van der Waals surface area contributed by atoms with Crippen LogP contribution in [0.5, 0.6) is 0 Å². The molecule has 1 aliphatic carbocycles. The largest absolute Gasteiger partial charge is 0.352 e. The van der Waals surface area contributed by atoms with Crippen LogP contribution in [0.3, 0.4) is 0 Å². The fourth-order valence-corrected chi connectivity index (χ4v) is 4.69. The molecule has 3 aromatic rings. The van der Waals surface area contributed by atoms with E-state index in [-0.39, 0.29) is 11.5 Å². The Morgan fingerprint density at radius 2 is 2.19 bits per heavy atom. The molecule has 1 amide bonds. The first-order chi connectivity index (χ1) is 13.1. The second-order valence-corrected chi connectivity index (χ2v) is 8.31. The molecule has 0 spiro atoms. The first kappa shape index (κ1) is 17.9. The number of aryl methyl sites for hydroxylation is 2. The van der Waals surface area contributed by atoms with Gasteiger partial charge in [-0.05, 0) is 63.6 Å². The molecule has 1 aliphatic rings. The van der Waals surface area contributed by atoms with Gasteiger partial charge in [0.25, 0.3) is 11.5 Å². The molecule has 3 aromatic heterocycles. The number of hydrogen-bond acceptors (Lipinski definition) is 4. The van der Waals surface area contributed by atoms with E-state index in [9.17, 15) is 9.59 Å². The normalized spacial score (nSPS) is 14.5. The molecule has 0 fully saturated rings. The first-order valence-electron chi connectivity index (χ1n) is 9.43. The Labute approximate surface area is 161 Å². The Balaban J connectivity index is 1.65. The second-order valence-electron chi connectivity index (χ2n) is 7.11. The molecule has 3 heterocycles. The Hall–Kier alpha value is -2.47. The number of aromatic nitrogens is 2. The lowest BCUT2D eigenvalue weighted by Gasteiger charge is -2.13. The molecule has 5 nitrogen and oxygen atoms in total. The molecule has 27 heavy (non-hydrogen) atoms. The van der Waals surface area contributed by atoms with Crippen LogP contribution in [0.15, 0.2) is 34.8 Å². The summed E-state index contributed by atoms with van der Waals surface area (Å²) in [6, 6.07) is 3.46. The number of amides is 1. The van der Waals surface area contributed by atoms with E-state index < -0.39 is 0 Å². The lowest BCUT2D eigenvalue weighted by atomic mass is 9.97. The van der Waals surface area contributed by atoms with Gasteiger partial charge in [0, 0.05) is 17.6 Å². The number of nitrogens with one attached hydrogen (secondary N) is 1. The van der Waals surface area contributed by atoms with Gasteiger partial charge in [-0.1, -0.05) is 11.6 Å². The predicted octanol–water partition coefficient (Wildman–Crippen LogP) is 4.15. The van der Waals surface area contributed by atoms with Crippen LogP contribution in [-0.4, -0.2) is 21.8 Å². The van der Waals surface area contributed by atoms with E-state index in [0.29, 0.717) is 28.0 Å². The van der Waals surface area contributed by atoms with Gasteiger partial charge in [-0.25, -0.2) is 4.98 Å². The van der Waals surface area contributed by atoms with Gasteiger partial charge in [-0.15, -0.1) is 11.3 Å². The van der Waals surface area contributed by atoms with Gasteiger partial charge in [0.2, 0.25) is 0 Å². The predicted molar refractivity (Wildman–Crippen MR) is 110 cm³/mol. The quantitative estimate of drug-likeness (QED) is 0.691. The minimum Gasteiger partial charge on any atom is -0.352 e. The summed E-state index contributed by atoms with van der Waals surface area (Å²) in [6.45, 7) is 4.54. The van der Waals surface area contributed by atoms with Gasteiger partial charge in [0.1, 0.15) is 4.83 Å². The average molecular weight is 382 g/mol. The Kier molecular flexibility index (Phi) is 4.83. The molecule has 0 saturated heterocycles. The number of carbonyl (C=O) groups is 1. The van der Waals surface area contributed by atoms with Crippen LogP contribution in [0.1, 0.15) is 52.9 Å². The van der Waals surface area contributed by atoms with Crippen LogP contribution in [-0.2, 0) is 0 Å². The third kappa shape index (κ3) is 3.30. The van der Waals surface area contributed by atoms with Gasteiger partial charge < -0.3 is 5.32 Å². The molecule has 0 bridgehead atoms. The van der Waals surface area contributed by atoms with E-state index in [0.717, 1.165) is 29.7 Å². The lowest BCUT2D eigenvalue weighted by Crippen LogP contribution is -2.27. The van der Waals surface area contributed by atoms with E-state index >= 15 is 0 Å². The van der Waals surface area contributed by atoms with Gasteiger partial charge in [0.15, 0.2) is 5.65 Å². The van der Waals surface area contributed by atoms with Gasteiger partial charge in [-0.2, -0.15) is 0 Å². The van der Waals surface area contributed by atoms with Crippen molar-refractivity contribution >= 4 is 33.1 Å². The highest BCUT2D eigenvalue weighted by Crippen LogP contribution is 2.27. The van der Waals surface area contributed by atoms with E-state index in [1.54, 1.807) is 18.3 Å². The van der Waals surface area contributed by atoms with Crippen LogP contribution >= 0.6 is 11.3 Å². The summed E-state index contributed by atoms with van der Waals surface area (Å²) < 4.78 is 1.49. The van der Waals surface area contributed by atoms with Crippen LogP contribution in [0.25, 0.3) is 15.9 Å². The fourth-order valence-electron chi connectivity index (χ4n) is 3.68. The lowest BCUT2D eigenvalue weighted by molar-refractivity contribution is 0.0955. The molecule has 0 saturated carbocycles. The highest BCUT2D eigenvalue weighted by molar-refractivity contribution is 7.18. The van der Waals surface area contributed by atoms with E-state index in [4.69, 9.17) is 0 Å². The molecule has 1 N–H and O–H groups in total. The van der Waals surface area contributed by atoms with Gasteiger partial charge in [0.05, 0.1) is 10.9 Å². The molecule has 0 aliphatic heterocycles. The third-order valence-electron chi connectivity index (χ3n) is 5.34. The summed E-state index contributed by atoms with van der Waals surface area (Å²) in [6.07, 6.45) is 9.66. The van der Waals surface area contributed by atoms with E-state index in [2.05, 4.69) is 16.4 Å². The van der Waals surface area contributed by atoms with Crippen molar-refractivity contribution in [2.75, 3.05) is 6.54 Å². The van der Waals surface area contributed by atoms with E-state index in [1.807, 2.05) is 13.8 Å². The summed E-state index contributed by atoms with van der Waals surface area (Å²) in [5.41, 5.74) is 3.15. The maximum atomic E-state index is 12.9. The van der Waals surface area contributed by atoms with Crippen LogP contribution in [0.2, 0.25) is 0 Å². The Bertz CT molecular complexity index is 1120. The van der Waals surface area contributed by atoms with Crippen molar-refractivity contribution in [1.29, 1.82) is 0 Å². The highest BCUT2D eigenvalue weighted by Gasteiger charge is 2.17. The molecule has 140 valence electrons. The number of hydrogen-bond donors (Lipinski definition) is 1. The molecule has 4 rings (SSSR count). The Morgan fingerprint density at radius 1 is 1.33 bits per heavy atom. The van der Waals surface area contributed by atoms with Crippen molar-refractivity contribution < 1.29 is 4.79 Å². The van der Waals surface area contributed by atoms with Crippen molar-refractivity contribution in [3.05, 3.63) is 56.3 Å². The van der Waals surface area contributed by atoms with Crippen molar-refractivity contribution in [3.8, 4) is 0 Å². The summed E-state index contributed by atoms with van der Waals surface area (Å²) in [4.78, 5) is 32.1. The highest BCUT2D eigenvalue weighted by atomic mass is 32.1. The maximum absolute atomic E-state index is 12.9. The standard InChI is InChI=1S/C21H23N3O2S/c1-13-14(2)27-20-17(13)21(26)24-12-6-9-16(18(24)23-20)19(25)22-11-10-15-7-4-3-5-8-15/h6-7,9,12H,3-5,8,10-11H2,1-2H3,(H,22,25). The molecule has 0 unspecified atom stereocenters. The van der Waals surface area contributed by atoms with Crippen molar-refractivity contribution in [3.63, 3.8) is 0 Å². The molecule has 0 radical (unpaired) electrons. The number of thiophene rings is 1. The average Bonchev–Trinajstić information content (AvgIpc) is 2.96. The van der Waals surface area contributed by atoms with Crippen LogP contribution < -0.4 is 10.9 Å². The zero-order valence-corrected chi connectivity index (χ0v) is 16.5. The molecular weight excluding hydrogens is 358 g/mol. The second kappa shape index (κ2) is 7.27. The fraction of sp³-hybridized carbons (Fsp3) is 0.381. The number of carbonyl (C=O) groups excluding carboxylic acids is 1. The number of fused-ring (bicyclic) bond motifs is 2. The summed E-state index contributed by atoms with van der Waals surface area (Å²) in [5, 5.41) is 3.64. The number of allylic oxidation sites excluding steroid dienone is 1. The van der Waals surface area contributed by atoms with Crippen molar-refractivity contribution in [2.24, 2.45) is 0 Å². The monoisotopic (exact) mass is 381 g/mol. The van der Waals surface area contributed by atoms with Gasteiger partial charge >= 0.3 is 0 Å². The zero-order chi connectivity index (χ0) is 19.0. The minimum atomic E-state index is -0.180. The topological polar surface area (TPSA) is 63.5 Å². The minimum absolute atomic E-state index is 0.112. The van der Waals surface area contributed by atoms with Crippen molar-refractivity contribution in [1.82, 2.24) is 14.7 Å². The van der Waals surface area contributed by atoms with Crippen LogP contribution in [0.4, 0.5) is 0 Å². The summed E-state index contributed by atoms with van der Waals surface area (Å²) in [7, 11) is 0. The molecular formula is C21H23N3O2S. The van der Waals surface area contributed by atoms with Crippen LogP contribution in [0, 0.1) is 13.8 Å². The smallest absolute Gasteiger partial charge is 0.266 e. The number of pyridine rings is 1. The molecule has 0 atom stereocenters. The maximum Gasteiger partial charge on any atom is 0.266 e. The third-order valence-corrected chi connectivity index (χ3v) is 6.44. The SMILES string of the molecule is Cc1sc2nc3c(C(=O)NCCC4=CCCCC4)cccn3c(=O)c2c1C. The summed E-state index contributed by atoms with van der Waals surface area (Å²) >= 11 is 1.50. The first-order valence-corrected chi connectivity index (χ1v) is 10.2. The Morgan fingerprint density at radius 3 is 2.96 bits per heavy atom. The van der Waals surface area contributed by atoms with Crippen molar-refractivity contribution in [2.45, 2.75) is 46.0 Å². The molecule has 6 heteroatoms. The van der Waals surface area contributed by atoms with Gasteiger partial charge in [-0.3, -0.25) is 14.0 Å². The summed E-state index contributed by atoms with van der Waals surface area (Å²) in [5.74, 6) is -0.180. The zero-order valence-electron chi connectivity index (χ0n) is 15.7. The van der Waals surface area contributed by atoms with E-state index in [1.165, 1.54) is 34.2 Å². The number of nitrogens with zero attached hydrogens (tertiary/aromatic N) is 2. The molecule has 0 aromatic carbocycles.